The van der Waals surface area contributed by atoms with Crippen molar-refractivity contribution in [3.05, 3.63) is 64.3 Å². The van der Waals surface area contributed by atoms with Crippen molar-refractivity contribution < 1.29 is 4.39 Å². The van der Waals surface area contributed by atoms with Gasteiger partial charge in [-0.15, -0.1) is 24.0 Å². The van der Waals surface area contributed by atoms with Gasteiger partial charge < -0.3 is 19.7 Å². The molecule has 1 aliphatic heterocycles. The number of guanidine groups is 1. The molecule has 2 heterocycles. The molecule has 6 nitrogen and oxygen atoms in total. The summed E-state index contributed by atoms with van der Waals surface area (Å²) in [5.74, 6) is 0.709. The fourth-order valence-electron chi connectivity index (χ4n) is 3.67. The van der Waals surface area contributed by atoms with E-state index < -0.39 is 0 Å². The van der Waals surface area contributed by atoms with E-state index in [1.54, 1.807) is 12.1 Å². The fraction of sp³-hybridized carbons (Fsp3) is 0.455. The summed E-state index contributed by atoms with van der Waals surface area (Å²) in [5, 5.41) is 3.44. The fourth-order valence-corrected chi connectivity index (χ4v) is 3.67. The molecule has 0 unspecified atom stereocenters. The van der Waals surface area contributed by atoms with E-state index in [1.807, 2.05) is 36.7 Å². The van der Waals surface area contributed by atoms with Crippen molar-refractivity contribution in [3.63, 3.8) is 0 Å². The van der Waals surface area contributed by atoms with Gasteiger partial charge in [0.1, 0.15) is 5.82 Å². The second-order valence-corrected chi connectivity index (χ2v) is 7.29. The smallest absolute Gasteiger partial charge is 0.250 e. The SMILES string of the molecule is CN=C(NCCCCn1c(C)cccc1=O)N1CCN(c2ccc(F)cc2)CC1.I. The molecule has 3 rings (SSSR count). The van der Waals surface area contributed by atoms with Crippen molar-refractivity contribution in [1.29, 1.82) is 0 Å². The molecule has 1 aromatic heterocycles. The molecule has 2 aromatic rings. The summed E-state index contributed by atoms with van der Waals surface area (Å²) in [7, 11) is 1.81. The van der Waals surface area contributed by atoms with Gasteiger partial charge in [0.2, 0.25) is 0 Å². The maximum atomic E-state index is 13.1. The standard InChI is InChI=1S/C22H30FN5O.HI/c1-18-6-5-7-21(29)28(18)13-4-3-12-25-22(24-2)27-16-14-26(15-17-27)20-10-8-19(23)9-11-20;/h5-11H,3-4,12-17H2,1-2H3,(H,24,25);1H. The van der Waals surface area contributed by atoms with Gasteiger partial charge in [-0.05, 0) is 50.1 Å². The number of nitrogens with one attached hydrogen (secondary N) is 1. The lowest BCUT2D eigenvalue weighted by molar-refractivity contribution is 0.372. The molecule has 0 spiro atoms. The Labute approximate surface area is 194 Å². The number of hydrogen-bond donors (Lipinski definition) is 1. The van der Waals surface area contributed by atoms with Crippen LogP contribution in [0.5, 0.6) is 0 Å². The number of aryl methyl sites for hydroxylation is 1. The Morgan fingerprint density at radius 2 is 1.77 bits per heavy atom. The number of halogens is 2. The lowest BCUT2D eigenvalue weighted by atomic mass is 10.2. The molecule has 1 saturated heterocycles. The van der Waals surface area contributed by atoms with Crippen LogP contribution in [0.15, 0.2) is 52.3 Å². The van der Waals surface area contributed by atoms with E-state index >= 15 is 0 Å². The predicted octanol–water partition coefficient (Wildman–Crippen LogP) is 3.09. The van der Waals surface area contributed by atoms with E-state index in [0.717, 1.165) is 69.5 Å². The minimum absolute atomic E-state index is 0. The molecule has 0 atom stereocenters. The normalized spacial score (nSPS) is 14.4. The number of hydrogen-bond acceptors (Lipinski definition) is 3. The highest BCUT2D eigenvalue weighted by Crippen LogP contribution is 2.16. The molecule has 0 saturated carbocycles. The van der Waals surface area contributed by atoms with Crippen LogP contribution in [0.1, 0.15) is 18.5 Å². The number of benzene rings is 1. The maximum Gasteiger partial charge on any atom is 0.250 e. The Morgan fingerprint density at radius 3 is 2.40 bits per heavy atom. The molecule has 1 fully saturated rings. The van der Waals surface area contributed by atoms with Gasteiger partial charge in [-0.2, -0.15) is 0 Å². The van der Waals surface area contributed by atoms with E-state index in [9.17, 15) is 9.18 Å². The van der Waals surface area contributed by atoms with Gasteiger partial charge in [0.05, 0.1) is 0 Å². The molecular formula is C22H31FIN5O. The van der Waals surface area contributed by atoms with Crippen LogP contribution in [-0.4, -0.2) is 55.2 Å². The van der Waals surface area contributed by atoms with Gasteiger partial charge in [-0.1, -0.05) is 6.07 Å². The summed E-state index contributed by atoms with van der Waals surface area (Å²) in [6, 6.07) is 12.1. The number of aliphatic imine (C=N–C) groups is 1. The Bertz CT molecular complexity index is 876. The number of pyridine rings is 1. The number of rotatable bonds is 6. The Morgan fingerprint density at radius 1 is 1.07 bits per heavy atom. The van der Waals surface area contributed by atoms with Crippen molar-refractivity contribution in [3.8, 4) is 0 Å². The molecule has 164 valence electrons. The summed E-state index contributed by atoms with van der Waals surface area (Å²) in [5.41, 5.74) is 2.12. The average molecular weight is 527 g/mol. The first-order valence-electron chi connectivity index (χ1n) is 10.2. The van der Waals surface area contributed by atoms with Crippen LogP contribution in [0.3, 0.4) is 0 Å². The molecular weight excluding hydrogens is 496 g/mol. The first-order chi connectivity index (χ1) is 14.1. The maximum absolute atomic E-state index is 13.1. The summed E-state index contributed by atoms with van der Waals surface area (Å²) in [6.07, 6.45) is 1.91. The van der Waals surface area contributed by atoms with Crippen molar-refractivity contribution in [2.45, 2.75) is 26.3 Å². The Hall–Kier alpha value is -2.10. The van der Waals surface area contributed by atoms with Gasteiger partial charge in [-0.25, -0.2) is 4.39 Å². The molecule has 0 amide bonds. The number of anilines is 1. The highest BCUT2D eigenvalue weighted by molar-refractivity contribution is 14.0. The zero-order valence-corrected chi connectivity index (χ0v) is 20.0. The van der Waals surface area contributed by atoms with Crippen molar-refractivity contribution >= 4 is 35.6 Å². The molecule has 8 heteroatoms. The third-order valence-electron chi connectivity index (χ3n) is 5.34. The highest BCUT2D eigenvalue weighted by Gasteiger charge is 2.19. The molecule has 1 N–H and O–H groups in total. The molecule has 0 radical (unpaired) electrons. The van der Waals surface area contributed by atoms with E-state index in [-0.39, 0.29) is 35.4 Å². The van der Waals surface area contributed by atoms with Gasteiger partial charge in [0.15, 0.2) is 5.96 Å². The summed E-state index contributed by atoms with van der Waals surface area (Å²) >= 11 is 0. The molecule has 0 aliphatic carbocycles. The van der Waals surface area contributed by atoms with E-state index in [0.29, 0.717) is 0 Å². The second kappa shape index (κ2) is 11.9. The van der Waals surface area contributed by atoms with Crippen LogP contribution in [0.25, 0.3) is 0 Å². The van der Waals surface area contributed by atoms with Crippen LogP contribution in [0.4, 0.5) is 10.1 Å². The third kappa shape index (κ3) is 6.45. The largest absolute Gasteiger partial charge is 0.368 e. The first kappa shape index (κ1) is 24.2. The Kier molecular flexibility index (Phi) is 9.61. The van der Waals surface area contributed by atoms with E-state index in [4.69, 9.17) is 0 Å². The number of aromatic nitrogens is 1. The molecule has 30 heavy (non-hydrogen) atoms. The Balaban J connectivity index is 0.00000320. The van der Waals surface area contributed by atoms with Crippen LogP contribution < -0.4 is 15.8 Å². The zero-order valence-electron chi connectivity index (χ0n) is 17.7. The highest BCUT2D eigenvalue weighted by atomic mass is 127. The van der Waals surface area contributed by atoms with Crippen LogP contribution >= 0.6 is 24.0 Å². The van der Waals surface area contributed by atoms with Crippen LogP contribution in [-0.2, 0) is 6.54 Å². The van der Waals surface area contributed by atoms with Crippen molar-refractivity contribution in [2.24, 2.45) is 4.99 Å². The van der Waals surface area contributed by atoms with Crippen molar-refractivity contribution in [2.75, 3.05) is 44.7 Å². The third-order valence-corrected chi connectivity index (χ3v) is 5.34. The van der Waals surface area contributed by atoms with Crippen LogP contribution in [0.2, 0.25) is 0 Å². The van der Waals surface area contributed by atoms with Gasteiger partial charge >= 0.3 is 0 Å². The van der Waals surface area contributed by atoms with E-state index in [1.165, 1.54) is 12.1 Å². The summed E-state index contributed by atoms with van der Waals surface area (Å²) in [4.78, 5) is 20.8. The number of unbranched alkanes of at least 4 members (excludes halogenated alkanes) is 1. The number of nitrogens with zero attached hydrogens (tertiary/aromatic N) is 4. The molecule has 1 aliphatic rings. The minimum atomic E-state index is -0.204. The van der Waals surface area contributed by atoms with E-state index in [2.05, 4.69) is 20.1 Å². The topological polar surface area (TPSA) is 52.9 Å². The first-order valence-corrected chi connectivity index (χ1v) is 10.2. The average Bonchev–Trinajstić information content (AvgIpc) is 2.73. The van der Waals surface area contributed by atoms with Crippen molar-refractivity contribution in [1.82, 2.24) is 14.8 Å². The lowest BCUT2D eigenvalue weighted by Gasteiger charge is -2.37. The predicted molar refractivity (Wildman–Crippen MR) is 132 cm³/mol. The quantitative estimate of drug-likeness (QED) is 0.272. The molecule has 1 aromatic carbocycles. The zero-order chi connectivity index (χ0) is 20.6. The monoisotopic (exact) mass is 527 g/mol. The minimum Gasteiger partial charge on any atom is -0.368 e. The van der Waals surface area contributed by atoms with Crippen LogP contribution in [0, 0.1) is 12.7 Å². The molecule has 0 bridgehead atoms. The van der Waals surface area contributed by atoms with Gasteiger partial charge in [0.25, 0.3) is 5.56 Å². The second-order valence-electron chi connectivity index (χ2n) is 7.29. The lowest BCUT2D eigenvalue weighted by Crippen LogP contribution is -2.52. The van der Waals surface area contributed by atoms with Gasteiger partial charge in [0, 0.05) is 63.8 Å². The summed E-state index contributed by atoms with van der Waals surface area (Å²) in [6.45, 7) is 7.02. The van der Waals surface area contributed by atoms with Gasteiger partial charge in [-0.3, -0.25) is 9.79 Å². The summed E-state index contributed by atoms with van der Waals surface area (Å²) < 4.78 is 14.9. The number of piperazine rings is 1.